The average Bonchev–Trinajstić information content (AvgIpc) is 3.00. The monoisotopic (exact) mass is 376 g/mol. The maximum absolute atomic E-state index is 6.29. The van der Waals surface area contributed by atoms with E-state index in [1.165, 1.54) is 52.5 Å². The SMILES string of the molecule is CCNCCc1c(C)n(CCOc2cccc3c2CCCC3)c2ccccc12. The van der Waals surface area contributed by atoms with Gasteiger partial charge in [0.15, 0.2) is 0 Å². The molecular formula is C25H32N2O. The molecule has 1 aliphatic carbocycles. The molecule has 0 aliphatic heterocycles. The number of nitrogens with zero attached hydrogens (tertiary/aromatic N) is 1. The fourth-order valence-electron chi connectivity index (χ4n) is 4.62. The number of benzene rings is 2. The third-order valence-electron chi connectivity index (χ3n) is 6.09. The van der Waals surface area contributed by atoms with Crippen LogP contribution in [0.2, 0.25) is 0 Å². The van der Waals surface area contributed by atoms with E-state index in [1.807, 2.05) is 0 Å². The zero-order chi connectivity index (χ0) is 19.3. The van der Waals surface area contributed by atoms with Crippen molar-refractivity contribution >= 4 is 10.9 Å². The van der Waals surface area contributed by atoms with Gasteiger partial charge in [0.25, 0.3) is 0 Å². The Morgan fingerprint density at radius 2 is 1.89 bits per heavy atom. The second kappa shape index (κ2) is 8.83. The predicted molar refractivity (Wildman–Crippen MR) is 118 cm³/mol. The lowest BCUT2D eigenvalue weighted by Crippen LogP contribution is -2.16. The zero-order valence-electron chi connectivity index (χ0n) is 17.3. The molecular weight excluding hydrogens is 344 g/mol. The summed E-state index contributed by atoms with van der Waals surface area (Å²) in [5.74, 6) is 1.10. The number of aryl methyl sites for hydroxylation is 1. The lowest BCUT2D eigenvalue weighted by atomic mass is 9.91. The molecule has 3 nitrogen and oxygen atoms in total. The van der Waals surface area contributed by atoms with Gasteiger partial charge in [-0.05, 0) is 80.9 Å². The van der Waals surface area contributed by atoms with Crippen LogP contribution in [-0.4, -0.2) is 24.3 Å². The van der Waals surface area contributed by atoms with Crippen LogP contribution >= 0.6 is 0 Å². The molecule has 1 aliphatic rings. The number of ether oxygens (including phenoxy) is 1. The standard InChI is InChI=1S/C25H32N2O/c1-3-26-16-15-21-19(2)27(24-13-7-6-12-23(21)24)17-18-28-25-14-8-10-20-9-4-5-11-22(20)25/h6-8,10,12-14,26H,3-5,9,11,15-18H2,1-2H3. The molecule has 28 heavy (non-hydrogen) atoms. The summed E-state index contributed by atoms with van der Waals surface area (Å²) in [7, 11) is 0. The average molecular weight is 377 g/mol. The van der Waals surface area contributed by atoms with Crippen molar-refractivity contribution in [1.29, 1.82) is 0 Å². The smallest absolute Gasteiger partial charge is 0.122 e. The van der Waals surface area contributed by atoms with Gasteiger partial charge in [-0.25, -0.2) is 0 Å². The molecule has 1 heterocycles. The molecule has 0 atom stereocenters. The highest BCUT2D eigenvalue weighted by Crippen LogP contribution is 2.30. The van der Waals surface area contributed by atoms with Gasteiger partial charge in [-0.3, -0.25) is 0 Å². The van der Waals surface area contributed by atoms with Crippen molar-refractivity contribution in [3.05, 3.63) is 64.8 Å². The van der Waals surface area contributed by atoms with Crippen LogP contribution in [0.25, 0.3) is 10.9 Å². The van der Waals surface area contributed by atoms with Gasteiger partial charge in [0.1, 0.15) is 12.4 Å². The normalized spacial score (nSPS) is 13.6. The van der Waals surface area contributed by atoms with Crippen LogP contribution in [0.15, 0.2) is 42.5 Å². The van der Waals surface area contributed by atoms with Crippen LogP contribution in [0, 0.1) is 6.92 Å². The fourth-order valence-corrected chi connectivity index (χ4v) is 4.62. The summed E-state index contributed by atoms with van der Waals surface area (Å²) in [5, 5.41) is 4.84. The topological polar surface area (TPSA) is 26.2 Å². The Balaban J connectivity index is 1.52. The van der Waals surface area contributed by atoms with Crippen molar-refractivity contribution in [2.45, 2.75) is 52.5 Å². The molecule has 0 fully saturated rings. The van der Waals surface area contributed by atoms with Gasteiger partial charge < -0.3 is 14.6 Å². The third-order valence-corrected chi connectivity index (χ3v) is 6.09. The highest BCUT2D eigenvalue weighted by molar-refractivity contribution is 5.85. The molecule has 1 aromatic heterocycles. The minimum absolute atomic E-state index is 0.711. The first-order valence-corrected chi connectivity index (χ1v) is 10.8. The van der Waals surface area contributed by atoms with E-state index in [-0.39, 0.29) is 0 Å². The first kappa shape index (κ1) is 19.1. The highest BCUT2D eigenvalue weighted by Gasteiger charge is 2.15. The third kappa shape index (κ3) is 3.81. The Morgan fingerprint density at radius 1 is 1.04 bits per heavy atom. The van der Waals surface area contributed by atoms with Crippen molar-refractivity contribution in [2.24, 2.45) is 0 Å². The number of rotatable bonds is 8. The maximum atomic E-state index is 6.29. The molecule has 4 rings (SSSR count). The number of hydrogen-bond acceptors (Lipinski definition) is 2. The van der Waals surface area contributed by atoms with Crippen molar-refractivity contribution in [1.82, 2.24) is 9.88 Å². The van der Waals surface area contributed by atoms with Crippen molar-refractivity contribution < 1.29 is 4.74 Å². The van der Waals surface area contributed by atoms with E-state index in [9.17, 15) is 0 Å². The van der Waals surface area contributed by atoms with E-state index in [4.69, 9.17) is 4.74 Å². The van der Waals surface area contributed by atoms with Crippen molar-refractivity contribution in [3.8, 4) is 5.75 Å². The van der Waals surface area contributed by atoms with Crippen LogP contribution in [0.5, 0.6) is 5.75 Å². The first-order chi connectivity index (χ1) is 13.8. The van der Waals surface area contributed by atoms with E-state index < -0.39 is 0 Å². The van der Waals surface area contributed by atoms with Gasteiger partial charge in [0.2, 0.25) is 0 Å². The lowest BCUT2D eigenvalue weighted by molar-refractivity contribution is 0.295. The second-order valence-electron chi connectivity index (χ2n) is 7.79. The van der Waals surface area contributed by atoms with Gasteiger partial charge in [-0.1, -0.05) is 37.3 Å². The molecule has 3 heteroatoms. The van der Waals surface area contributed by atoms with Gasteiger partial charge in [-0.15, -0.1) is 0 Å². The summed E-state index contributed by atoms with van der Waals surface area (Å²) in [6.45, 7) is 8.06. The molecule has 0 bridgehead atoms. The van der Waals surface area contributed by atoms with Crippen LogP contribution < -0.4 is 10.1 Å². The summed E-state index contributed by atoms with van der Waals surface area (Å²) < 4.78 is 8.72. The Labute approximate surface area is 168 Å². The molecule has 0 saturated carbocycles. The van der Waals surface area contributed by atoms with E-state index in [2.05, 4.69) is 66.2 Å². The minimum atomic E-state index is 0.711. The van der Waals surface area contributed by atoms with Crippen molar-refractivity contribution in [2.75, 3.05) is 19.7 Å². The van der Waals surface area contributed by atoms with Gasteiger partial charge in [0, 0.05) is 16.6 Å². The first-order valence-electron chi connectivity index (χ1n) is 10.8. The van der Waals surface area contributed by atoms with Crippen LogP contribution in [-0.2, 0) is 25.8 Å². The summed E-state index contributed by atoms with van der Waals surface area (Å²) in [6, 6.07) is 15.3. The van der Waals surface area contributed by atoms with E-state index >= 15 is 0 Å². The number of para-hydroxylation sites is 1. The zero-order valence-corrected chi connectivity index (χ0v) is 17.3. The Kier molecular flexibility index (Phi) is 6.01. The largest absolute Gasteiger partial charge is 0.491 e. The van der Waals surface area contributed by atoms with Crippen LogP contribution in [0.1, 0.15) is 42.1 Å². The molecule has 3 aromatic rings. The van der Waals surface area contributed by atoms with Gasteiger partial charge >= 0.3 is 0 Å². The molecule has 0 radical (unpaired) electrons. The Hall–Kier alpha value is -2.26. The van der Waals surface area contributed by atoms with Crippen LogP contribution in [0.3, 0.4) is 0 Å². The molecule has 0 spiro atoms. The van der Waals surface area contributed by atoms with Gasteiger partial charge in [-0.2, -0.15) is 0 Å². The van der Waals surface area contributed by atoms with Crippen molar-refractivity contribution in [3.63, 3.8) is 0 Å². The summed E-state index contributed by atoms with van der Waals surface area (Å²) in [6.07, 6.45) is 6.01. The number of fused-ring (bicyclic) bond motifs is 2. The highest BCUT2D eigenvalue weighted by atomic mass is 16.5. The molecule has 0 amide bonds. The van der Waals surface area contributed by atoms with E-state index in [1.54, 1.807) is 0 Å². The Morgan fingerprint density at radius 3 is 2.79 bits per heavy atom. The molecule has 148 valence electrons. The molecule has 0 unspecified atom stereocenters. The number of likely N-dealkylation sites (N-methyl/N-ethyl adjacent to an activating group) is 1. The summed E-state index contributed by atoms with van der Waals surface area (Å²) in [4.78, 5) is 0. The lowest BCUT2D eigenvalue weighted by Gasteiger charge is -2.20. The second-order valence-corrected chi connectivity index (χ2v) is 7.79. The summed E-state index contributed by atoms with van der Waals surface area (Å²) in [5.41, 5.74) is 7.09. The Bertz CT molecular complexity index is 941. The number of aromatic nitrogens is 1. The van der Waals surface area contributed by atoms with Gasteiger partial charge in [0.05, 0.1) is 6.54 Å². The molecule has 0 saturated heterocycles. The number of nitrogens with one attached hydrogen (secondary N) is 1. The summed E-state index contributed by atoms with van der Waals surface area (Å²) >= 11 is 0. The quantitative estimate of drug-likeness (QED) is 0.556. The van der Waals surface area contributed by atoms with E-state index in [0.717, 1.165) is 38.2 Å². The van der Waals surface area contributed by atoms with Crippen LogP contribution in [0.4, 0.5) is 0 Å². The minimum Gasteiger partial charge on any atom is -0.491 e. The molecule has 2 aromatic carbocycles. The maximum Gasteiger partial charge on any atom is 0.122 e. The fraction of sp³-hybridized carbons (Fsp3) is 0.440. The number of hydrogen-bond donors (Lipinski definition) is 1. The van der Waals surface area contributed by atoms with E-state index in [0.29, 0.717) is 6.61 Å². The molecule has 1 N–H and O–H groups in total. The predicted octanol–water partition coefficient (Wildman–Crippen LogP) is 5.06.